The number of imidazole rings is 1. The highest BCUT2D eigenvalue weighted by Crippen LogP contribution is 2.22. The zero-order valence-corrected chi connectivity index (χ0v) is 12.7. The van der Waals surface area contributed by atoms with Crippen molar-refractivity contribution in [2.24, 2.45) is 5.73 Å². The highest BCUT2D eigenvalue weighted by Gasteiger charge is 2.17. The smallest absolute Gasteiger partial charge is 0.277 e. The Hall–Kier alpha value is -2.32. The average molecular weight is 319 g/mol. The van der Waals surface area contributed by atoms with Crippen LogP contribution < -0.4 is 11.1 Å². The van der Waals surface area contributed by atoms with Crippen molar-refractivity contribution < 1.29 is 9.18 Å². The molecule has 8 heteroatoms. The van der Waals surface area contributed by atoms with Gasteiger partial charge >= 0.3 is 0 Å². The van der Waals surface area contributed by atoms with E-state index < -0.39 is 5.82 Å². The molecule has 0 unspecified atom stereocenters. The first-order chi connectivity index (χ1) is 10.6. The second-order valence-corrected chi connectivity index (χ2v) is 5.51. The summed E-state index contributed by atoms with van der Waals surface area (Å²) in [5.41, 5.74) is 6.64. The van der Waals surface area contributed by atoms with Crippen LogP contribution in [0.4, 0.5) is 10.3 Å². The molecule has 0 radical (unpaired) electrons. The van der Waals surface area contributed by atoms with Crippen molar-refractivity contribution in [1.82, 2.24) is 14.5 Å². The number of para-hydroxylation sites is 1. The van der Waals surface area contributed by atoms with E-state index in [0.717, 1.165) is 0 Å². The van der Waals surface area contributed by atoms with E-state index in [1.165, 1.54) is 17.4 Å². The zero-order chi connectivity index (χ0) is 15.7. The molecule has 0 aliphatic carbocycles. The summed E-state index contributed by atoms with van der Waals surface area (Å²) in [6.45, 7) is 2.74. The molecule has 2 heterocycles. The van der Waals surface area contributed by atoms with E-state index in [4.69, 9.17) is 5.73 Å². The Balaban J connectivity index is 1.96. The summed E-state index contributed by atoms with van der Waals surface area (Å²) in [6, 6.07) is 4.72. The van der Waals surface area contributed by atoms with Crippen molar-refractivity contribution in [3.8, 4) is 0 Å². The molecule has 1 amide bonds. The number of amides is 1. The van der Waals surface area contributed by atoms with E-state index in [0.29, 0.717) is 23.0 Å². The Labute approximate surface area is 129 Å². The van der Waals surface area contributed by atoms with Gasteiger partial charge in [-0.1, -0.05) is 6.07 Å². The van der Waals surface area contributed by atoms with Crippen LogP contribution in [0, 0.1) is 5.82 Å². The lowest BCUT2D eigenvalue weighted by atomic mass is 10.3. The second kappa shape index (κ2) is 5.82. The highest BCUT2D eigenvalue weighted by molar-refractivity contribution is 7.09. The SMILES string of the molecule is CCn1c(NC(=O)c2csc(CN)n2)nc2c(F)cccc21. The van der Waals surface area contributed by atoms with Crippen molar-refractivity contribution in [3.63, 3.8) is 0 Å². The van der Waals surface area contributed by atoms with E-state index in [9.17, 15) is 9.18 Å². The normalized spacial score (nSPS) is 11.0. The third kappa shape index (κ3) is 2.46. The number of halogens is 1. The Kier molecular flexibility index (Phi) is 3.86. The molecule has 3 aromatic rings. The summed E-state index contributed by atoms with van der Waals surface area (Å²) in [5.74, 6) is -0.504. The van der Waals surface area contributed by atoms with Gasteiger partial charge in [0.1, 0.15) is 16.2 Å². The van der Waals surface area contributed by atoms with E-state index in [-0.39, 0.29) is 23.7 Å². The Morgan fingerprint density at radius 1 is 1.45 bits per heavy atom. The molecule has 0 saturated carbocycles. The molecule has 22 heavy (non-hydrogen) atoms. The first-order valence-electron chi connectivity index (χ1n) is 6.74. The maximum atomic E-state index is 13.8. The van der Waals surface area contributed by atoms with Gasteiger partial charge in [-0.25, -0.2) is 14.4 Å². The lowest BCUT2D eigenvalue weighted by Crippen LogP contribution is -2.16. The van der Waals surface area contributed by atoms with Crippen LogP contribution in [0.5, 0.6) is 0 Å². The Morgan fingerprint density at radius 3 is 2.95 bits per heavy atom. The number of anilines is 1. The number of carbonyl (C=O) groups is 1. The number of fused-ring (bicyclic) bond motifs is 1. The van der Waals surface area contributed by atoms with Gasteiger partial charge in [-0.15, -0.1) is 11.3 Å². The third-order valence-corrected chi connectivity index (χ3v) is 4.10. The number of rotatable bonds is 4. The fourth-order valence-electron chi connectivity index (χ4n) is 2.20. The number of carbonyl (C=O) groups excluding carboxylic acids is 1. The summed E-state index contributed by atoms with van der Waals surface area (Å²) in [7, 11) is 0. The lowest BCUT2D eigenvalue weighted by molar-refractivity contribution is 0.102. The van der Waals surface area contributed by atoms with Gasteiger partial charge in [0.25, 0.3) is 5.91 Å². The monoisotopic (exact) mass is 319 g/mol. The van der Waals surface area contributed by atoms with Crippen molar-refractivity contribution in [2.45, 2.75) is 20.0 Å². The van der Waals surface area contributed by atoms with E-state index in [2.05, 4.69) is 15.3 Å². The van der Waals surface area contributed by atoms with Gasteiger partial charge in [0.15, 0.2) is 5.82 Å². The molecule has 6 nitrogen and oxygen atoms in total. The standard InChI is InChI=1S/C14H14FN5OS/c1-2-20-10-5-3-4-8(15)12(10)18-14(20)19-13(21)9-7-22-11(6-16)17-9/h3-5,7H,2,6,16H2,1H3,(H,18,19,21). The van der Waals surface area contributed by atoms with Crippen LogP contribution in [-0.4, -0.2) is 20.4 Å². The predicted molar refractivity (Wildman–Crippen MR) is 83.3 cm³/mol. The van der Waals surface area contributed by atoms with E-state index in [1.807, 2.05) is 6.92 Å². The van der Waals surface area contributed by atoms with Gasteiger partial charge in [-0.05, 0) is 19.1 Å². The van der Waals surface area contributed by atoms with Crippen LogP contribution in [-0.2, 0) is 13.1 Å². The molecule has 0 bridgehead atoms. The molecule has 0 atom stereocenters. The van der Waals surface area contributed by atoms with Crippen molar-refractivity contribution in [3.05, 3.63) is 40.1 Å². The van der Waals surface area contributed by atoms with Gasteiger partial charge in [-0.2, -0.15) is 0 Å². The molecular weight excluding hydrogens is 305 g/mol. The van der Waals surface area contributed by atoms with Gasteiger partial charge in [0.2, 0.25) is 5.95 Å². The van der Waals surface area contributed by atoms with Crippen molar-refractivity contribution in [2.75, 3.05) is 5.32 Å². The molecule has 114 valence electrons. The van der Waals surface area contributed by atoms with Gasteiger partial charge in [-0.3, -0.25) is 10.1 Å². The fourth-order valence-corrected chi connectivity index (χ4v) is 2.86. The zero-order valence-electron chi connectivity index (χ0n) is 11.8. The predicted octanol–water partition coefficient (Wildman–Crippen LogP) is 2.36. The molecule has 0 aliphatic heterocycles. The van der Waals surface area contributed by atoms with E-state index >= 15 is 0 Å². The van der Waals surface area contributed by atoms with Crippen LogP contribution in [0.1, 0.15) is 22.4 Å². The summed E-state index contributed by atoms with van der Waals surface area (Å²) in [6.07, 6.45) is 0. The van der Waals surface area contributed by atoms with Crippen LogP contribution in [0.2, 0.25) is 0 Å². The topological polar surface area (TPSA) is 85.8 Å². The van der Waals surface area contributed by atoms with Crippen LogP contribution >= 0.6 is 11.3 Å². The maximum Gasteiger partial charge on any atom is 0.277 e. The van der Waals surface area contributed by atoms with Crippen molar-refractivity contribution in [1.29, 1.82) is 0 Å². The number of nitrogens with zero attached hydrogens (tertiary/aromatic N) is 3. The minimum atomic E-state index is -0.417. The quantitative estimate of drug-likeness (QED) is 0.773. The summed E-state index contributed by atoms with van der Waals surface area (Å²) in [5, 5.41) is 5.00. The number of aryl methyl sites for hydroxylation is 1. The summed E-state index contributed by atoms with van der Waals surface area (Å²) < 4.78 is 15.6. The minimum Gasteiger partial charge on any atom is -0.325 e. The molecular formula is C14H14FN5OS. The number of aromatic nitrogens is 3. The summed E-state index contributed by atoms with van der Waals surface area (Å²) in [4.78, 5) is 20.5. The number of hydrogen-bond acceptors (Lipinski definition) is 5. The molecule has 2 aromatic heterocycles. The van der Waals surface area contributed by atoms with E-state index in [1.54, 1.807) is 22.1 Å². The molecule has 0 fully saturated rings. The van der Waals surface area contributed by atoms with Gasteiger partial charge < -0.3 is 10.3 Å². The second-order valence-electron chi connectivity index (χ2n) is 4.57. The minimum absolute atomic E-state index is 0.237. The largest absolute Gasteiger partial charge is 0.325 e. The molecule has 0 saturated heterocycles. The molecule has 0 spiro atoms. The number of nitrogens with one attached hydrogen (secondary N) is 1. The number of hydrogen-bond donors (Lipinski definition) is 2. The Bertz CT molecular complexity index is 841. The molecule has 0 aliphatic rings. The van der Waals surface area contributed by atoms with Crippen LogP contribution in [0.3, 0.4) is 0 Å². The number of nitrogens with two attached hydrogens (primary N) is 1. The lowest BCUT2D eigenvalue weighted by Gasteiger charge is -2.06. The average Bonchev–Trinajstić information content (AvgIpc) is 3.12. The van der Waals surface area contributed by atoms with Crippen LogP contribution in [0.15, 0.2) is 23.6 Å². The third-order valence-electron chi connectivity index (χ3n) is 3.23. The van der Waals surface area contributed by atoms with Crippen molar-refractivity contribution >= 4 is 34.2 Å². The Morgan fingerprint density at radius 2 is 2.27 bits per heavy atom. The number of benzene rings is 1. The first kappa shape index (κ1) is 14.6. The molecule has 3 N–H and O–H groups in total. The fraction of sp³-hybridized carbons (Fsp3) is 0.214. The molecule has 1 aromatic carbocycles. The molecule has 3 rings (SSSR count). The maximum absolute atomic E-state index is 13.8. The first-order valence-corrected chi connectivity index (χ1v) is 7.62. The summed E-state index contributed by atoms with van der Waals surface area (Å²) >= 11 is 1.32. The van der Waals surface area contributed by atoms with Gasteiger partial charge in [0.05, 0.1) is 5.52 Å². The van der Waals surface area contributed by atoms with Gasteiger partial charge in [0, 0.05) is 18.5 Å². The number of thiazole rings is 1. The highest BCUT2D eigenvalue weighted by atomic mass is 32.1. The van der Waals surface area contributed by atoms with Crippen LogP contribution in [0.25, 0.3) is 11.0 Å².